The third-order valence-electron chi connectivity index (χ3n) is 3.54. The van der Waals surface area contributed by atoms with E-state index in [-0.39, 0.29) is 11.7 Å². The molecular formula is C16H14N6OS2. The van der Waals surface area contributed by atoms with E-state index in [1.807, 2.05) is 48.6 Å². The molecule has 0 unspecified atom stereocenters. The standard InChI is InChI=1S/C16H14N6OS2/c1-9-7-10(2)22-14(17-9)20-21-16(22)24-8-13(23)19-15-18-11-5-3-4-6-12(11)25-15/h3-7H,8H2,1-2H3,(H,18,19,23). The zero-order chi connectivity index (χ0) is 17.4. The number of thioether (sulfide) groups is 1. The molecule has 1 N–H and O–H groups in total. The number of nitrogens with zero attached hydrogens (tertiary/aromatic N) is 5. The van der Waals surface area contributed by atoms with Crippen LogP contribution in [0.4, 0.5) is 5.13 Å². The van der Waals surface area contributed by atoms with E-state index < -0.39 is 0 Å². The Morgan fingerprint density at radius 3 is 2.92 bits per heavy atom. The summed E-state index contributed by atoms with van der Waals surface area (Å²) < 4.78 is 2.90. The molecule has 1 aromatic carbocycles. The average Bonchev–Trinajstić information content (AvgIpc) is 3.15. The number of anilines is 1. The highest BCUT2D eigenvalue weighted by Crippen LogP contribution is 2.26. The lowest BCUT2D eigenvalue weighted by Gasteiger charge is -2.04. The second-order valence-electron chi connectivity index (χ2n) is 5.48. The van der Waals surface area contributed by atoms with E-state index in [4.69, 9.17) is 0 Å². The van der Waals surface area contributed by atoms with Crippen LogP contribution in [0.5, 0.6) is 0 Å². The Kier molecular flexibility index (Phi) is 4.10. The number of aromatic nitrogens is 5. The van der Waals surface area contributed by atoms with E-state index in [9.17, 15) is 4.79 Å². The van der Waals surface area contributed by atoms with Crippen molar-refractivity contribution >= 4 is 50.1 Å². The molecule has 0 spiro atoms. The first-order valence-electron chi connectivity index (χ1n) is 7.58. The number of amides is 1. The van der Waals surface area contributed by atoms with Gasteiger partial charge in [-0.1, -0.05) is 35.2 Å². The van der Waals surface area contributed by atoms with Crippen molar-refractivity contribution in [2.45, 2.75) is 19.0 Å². The van der Waals surface area contributed by atoms with Crippen molar-refractivity contribution in [2.24, 2.45) is 0 Å². The molecule has 3 heterocycles. The van der Waals surface area contributed by atoms with Gasteiger partial charge in [-0.05, 0) is 32.0 Å². The van der Waals surface area contributed by atoms with Crippen molar-refractivity contribution in [1.29, 1.82) is 0 Å². The first-order valence-corrected chi connectivity index (χ1v) is 9.38. The fraction of sp³-hybridized carbons (Fsp3) is 0.188. The van der Waals surface area contributed by atoms with Gasteiger partial charge in [0.05, 0.1) is 16.0 Å². The van der Waals surface area contributed by atoms with Gasteiger partial charge in [-0.15, -0.1) is 10.2 Å². The minimum Gasteiger partial charge on any atom is -0.301 e. The van der Waals surface area contributed by atoms with Crippen molar-refractivity contribution in [3.05, 3.63) is 41.7 Å². The smallest absolute Gasteiger partial charge is 0.256 e. The molecule has 4 aromatic rings. The molecule has 3 aromatic heterocycles. The first-order chi connectivity index (χ1) is 12.1. The van der Waals surface area contributed by atoms with Gasteiger partial charge in [-0.25, -0.2) is 9.97 Å². The predicted octanol–water partition coefficient (Wildman–Crippen LogP) is 3.08. The Morgan fingerprint density at radius 1 is 1.24 bits per heavy atom. The van der Waals surface area contributed by atoms with Crippen molar-refractivity contribution in [2.75, 3.05) is 11.1 Å². The first kappa shape index (κ1) is 16.0. The molecule has 0 bridgehead atoms. The molecule has 0 saturated carbocycles. The zero-order valence-electron chi connectivity index (χ0n) is 13.6. The zero-order valence-corrected chi connectivity index (χ0v) is 15.2. The summed E-state index contributed by atoms with van der Waals surface area (Å²) in [5.74, 6) is 0.648. The van der Waals surface area contributed by atoms with Gasteiger partial charge in [0.2, 0.25) is 5.91 Å². The quantitative estimate of drug-likeness (QED) is 0.556. The van der Waals surface area contributed by atoms with Gasteiger partial charge < -0.3 is 5.32 Å². The number of carbonyl (C=O) groups is 1. The van der Waals surface area contributed by atoms with Gasteiger partial charge in [0.15, 0.2) is 10.3 Å². The number of benzene rings is 1. The molecule has 0 aliphatic rings. The van der Waals surface area contributed by atoms with Crippen LogP contribution in [-0.4, -0.2) is 36.2 Å². The SMILES string of the molecule is Cc1cc(C)n2c(SCC(=O)Nc3nc4ccccc4s3)nnc2n1. The van der Waals surface area contributed by atoms with Gasteiger partial charge >= 0.3 is 0 Å². The molecule has 0 atom stereocenters. The van der Waals surface area contributed by atoms with E-state index >= 15 is 0 Å². The molecule has 4 rings (SSSR count). The topological polar surface area (TPSA) is 85.1 Å². The van der Waals surface area contributed by atoms with Crippen LogP contribution >= 0.6 is 23.1 Å². The number of aryl methyl sites for hydroxylation is 2. The normalized spacial score (nSPS) is 11.3. The van der Waals surface area contributed by atoms with E-state index in [0.29, 0.717) is 16.1 Å². The van der Waals surface area contributed by atoms with Crippen LogP contribution in [0.15, 0.2) is 35.5 Å². The van der Waals surface area contributed by atoms with Crippen molar-refractivity contribution in [3.8, 4) is 0 Å². The maximum absolute atomic E-state index is 12.2. The summed E-state index contributed by atoms with van der Waals surface area (Å²) in [5.41, 5.74) is 2.76. The second kappa shape index (κ2) is 6.41. The number of hydrogen-bond donors (Lipinski definition) is 1. The molecule has 0 saturated heterocycles. The maximum Gasteiger partial charge on any atom is 0.256 e. The highest BCUT2D eigenvalue weighted by molar-refractivity contribution is 7.99. The van der Waals surface area contributed by atoms with Gasteiger partial charge in [-0.2, -0.15) is 0 Å². The Balaban J connectivity index is 1.47. The van der Waals surface area contributed by atoms with Crippen molar-refractivity contribution < 1.29 is 4.79 Å². The third kappa shape index (κ3) is 3.20. The molecule has 0 fully saturated rings. The summed E-state index contributed by atoms with van der Waals surface area (Å²) in [7, 11) is 0. The highest BCUT2D eigenvalue weighted by atomic mass is 32.2. The van der Waals surface area contributed by atoms with Crippen LogP contribution in [0, 0.1) is 13.8 Å². The molecule has 7 nitrogen and oxygen atoms in total. The van der Waals surface area contributed by atoms with Gasteiger partial charge in [0, 0.05) is 11.4 Å². The number of hydrogen-bond acceptors (Lipinski definition) is 7. The molecule has 25 heavy (non-hydrogen) atoms. The molecule has 0 aliphatic heterocycles. The summed E-state index contributed by atoms with van der Waals surface area (Å²) in [5, 5.41) is 12.3. The lowest BCUT2D eigenvalue weighted by molar-refractivity contribution is -0.113. The number of fused-ring (bicyclic) bond motifs is 2. The number of rotatable bonds is 4. The lowest BCUT2D eigenvalue weighted by atomic mass is 10.3. The van der Waals surface area contributed by atoms with Gasteiger partial charge in [-0.3, -0.25) is 9.20 Å². The third-order valence-corrected chi connectivity index (χ3v) is 5.42. The van der Waals surface area contributed by atoms with Crippen LogP contribution < -0.4 is 5.32 Å². The number of thiazole rings is 1. The molecule has 9 heteroatoms. The molecule has 1 amide bonds. The Bertz CT molecular complexity index is 1050. The summed E-state index contributed by atoms with van der Waals surface area (Å²) in [6.45, 7) is 3.89. The van der Waals surface area contributed by atoms with Crippen LogP contribution in [-0.2, 0) is 4.79 Å². The molecule has 126 valence electrons. The summed E-state index contributed by atoms with van der Waals surface area (Å²) >= 11 is 2.79. The Hall–Kier alpha value is -2.52. The Labute approximate surface area is 151 Å². The minimum absolute atomic E-state index is 0.126. The minimum atomic E-state index is -0.126. The van der Waals surface area contributed by atoms with E-state index in [1.54, 1.807) is 0 Å². The fourth-order valence-electron chi connectivity index (χ4n) is 2.50. The summed E-state index contributed by atoms with van der Waals surface area (Å²) in [4.78, 5) is 21.0. The van der Waals surface area contributed by atoms with Crippen LogP contribution in [0.25, 0.3) is 16.0 Å². The molecule has 0 radical (unpaired) electrons. The monoisotopic (exact) mass is 370 g/mol. The number of para-hydroxylation sites is 1. The second-order valence-corrected chi connectivity index (χ2v) is 7.45. The van der Waals surface area contributed by atoms with E-state index in [0.717, 1.165) is 21.6 Å². The largest absolute Gasteiger partial charge is 0.301 e. The number of carbonyl (C=O) groups excluding carboxylic acids is 1. The maximum atomic E-state index is 12.2. The molecule has 0 aliphatic carbocycles. The Morgan fingerprint density at radius 2 is 2.08 bits per heavy atom. The van der Waals surface area contributed by atoms with E-state index in [1.165, 1.54) is 23.1 Å². The van der Waals surface area contributed by atoms with E-state index in [2.05, 4.69) is 25.5 Å². The van der Waals surface area contributed by atoms with Crippen molar-refractivity contribution in [3.63, 3.8) is 0 Å². The summed E-state index contributed by atoms with van der Waals surface area (Å²) in [6.07, 6.45) is 0. The average molecular weight is 370 g/mol. The predicted molar refractivity (Wildman–Crippen MR) is 99.2 cm³/mol. The fourth-order valence-corrected chi connectivity index (χ4v) is 4.17. The number of nitrogens with one attached hydrogen (secondary N) is 1. The lowest BCUT2D eigenvalue weighted by Crippen LogP contribution is -2.14. The molecular weight excluding hydrogens is 356 g/mol. The summed E-state index contributed by atoms with van der Waals surface area (Å²) in [6, 6.07) is 9.75. The van der Waals surface area contributed by atoms with Crippen molar-refractivity contribution in [1.82, 2.24) is 24.6 Å². The van der Waals surface area contributed by atoms with Crippen LogP contribution in [0.3, 0.4) is 0 Å². The van der Waals surface area contributed by atoms with Crippen LogP contribution in [0.2, 0.25) is 0 Å². The van der Waals surface area contributed by atoms with Crippen LogP contribution in [0.1, 0.15) is 11.4 Å². The highest BCUT2D eigenvalue weighted by Gasteiger charge is 2.13. The van der Waals surface area contributed by atoms with Gasteiger partial charge in [0.25, 0.3) is 5.78 Å². The van der Waals surface area contributed by atoms with Gasteiger partial charge in [0.1, 0.15) is 0 Å².